The van der Waals surface area contributed by atoms with Crippen molar-refractivity contribution in [3.8, 4) is 5.75 Å². The van der Waals surface area contributed by atoms with E-state index in [4.69, 9.17) is 9.47 Å². The van der Waals surface area contributed by atoms with Crippen molar-refractivity contribution in [1.29, 1.82) is 0 Å². The zero-order valence-corrected chi connectivity index (χ0v) is 14.1. The lowest BCUT2D eigenvalue weighted by Gasteiger charge is -2.29. The largest absolute Gasteiger partial charge is 0.497 e. The first-order valence-electron chi connectivity index (χ1n) is 6.73. The number of hydrogen-bond acceptors (Lipinski definition) is 4. The molecule has 0 aromatic heterocycles. The number of nitrogens with zero attached hydrogens (tertiary/aromatic N) is 1. The molecule has 1 amide bonds. The molecule has 0 aliphatic carbocycles. The van der Waals surface area contributed by atoms with Crippen LogP contribution in [0.3, 0.4) is 0 Å². The number of carbonyl (C=O) groups excluding carboxylic acids is 1. The SMILES string of the molecule is C=CC(C)N(Sc1ccc(OC)cc1)C(=O)OC(C)(C)C. The molecule has 0 bridgehead atoms. The van der Waals surface area contributed by atoms with Crippen LogP contribution in [0.5, 0.6) is 5.75 Å². The normalized spacial score (nSPS) is 12.4. The maximum Gasteiger partial charge on any atom is 0.421 e. The average Bonchev–Trinajstić information content (AvgIpc) is 2.42. The molecule has 0 spiro atoms. The van der Waals surface area contributed by atoms with Crippen molar-refractivity contribution in [2.24, 2.45) is 0 Å². The Bertz CT molecular complexity index is 479. The van der Waals surface area contributed by atoms with Gasteiger partial charge in [-0.2, -0.15) is 0 Å². The molecular formula is C16H23NO3S. The highest BCUT2D eigenvalue weighted by Gasteiger charge is 2.26. The molecular weight excluding hydrogens is 286 g/mol. The van der Waals surface area contributed by atoms with Crippen LogP contribution in [0.4, 0.5) is 4.79 Å². The van der Waals surface area contributed by atoms with Gasteiger partial charge in [0.2, 0.25) is 0 Å². The second kappa shape index (κ2) is 7.41. The highest BCUT2D eigenvalue weighted by molar-refractivity contribution is 7.97. The van der Waals surface area contributed by atoms with Crippen molar-refractivity contribution in [3.05, 3.63) is 36.9 Å². The Kier molecular flexibility index (Phi) is 6.15. The van der Waals surface area contributed by atoms with Gasteiger partial charge in [0.05, 0.1) is 13.2 Å². The predicted molar refractivity (Wildman–Crippen MR) is 86.6 cm³/mol. The summed E-state index contributed by atoms with van der Waals surface area (Å²) in [7, 11) is 1.62. The Labute approximate surface area is 131 Å². The number of ether oxygens (including phenoxy) is 2. The summed E-state index contributed by atoms with van der Waals surface area (Å²) >= 11 is 1.32. The summed E-state index contributed by atoms with van der Waals surface area (Å²) < 4.78 is 12.1. The maximum absolute atomic E-state index is 12.3. The molecule has 21 heavy (non-hydrogen) atoms. The van der Waals surface area contributed by atoms with Crippen molar-refractivity contribution < 1.29 is 14.3 Å². The molecule has 0 fully saturated rings. The third kappa shape index (κ3) is 5.71. The molecule has 0 heterocycles. The van der Waals surface area contributed by atoms with Crippen LogP contribution in [0.25, 0.3) is 0 Å². The summed E-state index contributed by atoms with van der Waals surface area (Å²) in [5, 5.41) is 0. The number of benzene rings is 1. The predicted octanol–water partition coefficient (Wildman–Crippen LogP) is 4.51. The van der Waals surface area contributed by atoms with E-state index >= 15 is 0 Å². The molecule has 4 nitrogen and oxygen atoms in total. The monoisotopic (exact) mass is 309 g/mol. The Hall–Kier alpha value is -1.62. The molecule has 0 saturated carbocycles. The van der Waals surface area contributed by atoms with Crippen molar-refractivity contribution in [1.82, 2.24) is 4.31 Å². The zero-order valence-electron chi connectivity index (χ0n) is 13.3. The van der Waals surface area contributed by atoms with E-state index in [1.165, 1.54) is 11.9 Å². The minimum absolute atomic E-state index is 0.146. The van der Waals surface area contributed by atoms with Gasteiger partial charge in [-0.3, -0.25) is 0 Å². The first kappa shape index (κ1) is 17.4. The van der Waals surface area contributed by atoms with Crippen LogP contribution < -0.4 is 4.74 Å². The summed E-state index contributed by atoms with van der Waals surface area (Å²) in [4.78, 5) is 13.2. The van der Waals surface area contributed by atoms with Crippen LogP contribution in [0, 0.1) is 0 Å². The van der Waals surface area contributed by atoms with Crippen LogP contribution in [0.15, 0.2) is 41.8 Å². The second-order valence-corrected chi connectivity index (χ2v) is 6.60. The molecule has 1 aromatic carbocycles. The molecule has 5 heteroatoms. The lowest BCUT2D eigenvalue weighted by atomic mass is 10.2. The molecule has 0 N–H and O–H groups in total. The van der Waals surface area contributed by atoms with E-state index in [0.29, 0.717) is 0 Å². The number of methoxy groups -OCH3 is 1. The molecule has 116 valence electrons. The lowest BCUT2D eigenvalue weighted by Crippen LogP contribution is -2.36. The number of carbonyl (C=O) groups is 1. The average molecular weight is 309 g/mol. The first-order chi connectivity index (χ1) is 9.76. The van der Waals surface area contributed by atoms with Gasteiger partial charge in [-0.25, -0.2) is 9.10 Å². The van der Waals surface area contributed by atoms with E-state index in [2.05, 4.69) is 6.58 Å². The van der Waals surface area contributed by atoms with Crippen LogP contribution in [0.2, 0.25) is 0 Å². The third-order valence-electron chi connectivity index (χ3n) is 2.55. The van der Waals surface area contributed by atoms with E-state index < -0.39 is 5.60 Å². The summed E-state index contributed by atoms with van der Waals surface area (Å²) in [5.74, 6) is 0.778. The minimum atomic E-state index is -0.531. The van der Waals surface area contributed by atoms with Gasteiger partial charge in [0.15, 0.2) is 0 Å². The Balaban J connectivity index is 2.87. The molecule has 1 unspecified atom stereocenters. The lowest BCUT2D eigenvalue weighted by molar-refractivity contribution is 0.0384. The molecule has 1 rings (SSSR count). The molecule has 0 aliphatic rings. The van der Waals surface area contributed by atoms with Gasteiger partial charge in [0, 0.05) is 4.90 Å². The van der Waals surface area contributed by atoms with Gasteiger partial charge < -0.3 is 9.47 Å². The molecule has 1 atom stereocenters. The first-order valence-corrected chi connectivity index (χ1v) is 7.51. The van der Waals surface area contributed by atoms with Gasteiger partial charge in [-0.1, -0.05) is 6.08 Å². The summed E-state index contributed by atoms with van der Waals surface area (Å²) in [5.41, 5.74) is -0.531. The second-order valence-electron chi connectivity index (χ2n) is 5.55. The van der Waals surface area contributed by atoms with Gasteiger partial charge in [-0.05, 0) is 63.9 Å². The van der Waals surface area contributed by atoms with E-state index in [-0.39, 0.29) is 12.1 Å². The Morgan fingerprint density at radius 3 is 2.33 bits per heavy atom. The summed E-state index contributed by atoms with van der Waals surface area (Å²) in [6.45, 7) is 11.2. The fraction of sp³-hybridized carbons (Fsp3) is 0.438. The van der Waals surface area contributed by atoms with Crippen LogP contribution in [0.1, 0.15) is 27.7 Å². The smallest absolute Gasteiger partial charge is 0.421 e. The van der Waals surface area contributed by atoms with Gasteiger partial charge in [0.1, 0.15) is 11.4 Å². The summed E-state index contributed by atoms with van der Waals surface area (Å²) in [6, 6.07) is 7.36. The third-order valence-corrected chi connectivity index (χ3v) is 3.71. The Morgan fingerprint density at radius 1 is 1.33 bits per heavy atom. The van der Waals surface area contributed by atoms with E-state index in [1.54, 1.807) is 17.5 Å². The van der Waals surface area contributed by atoms with Crippen molar-refractivity contribution in [2.75, 3.05) is 7.11 Å². The number of rotatable bonds is 5. The van der Waals surface area contributed by atoms with E-state index in [1.807, 2.05) is 52.0 Å². The molecule has 1 aromatic rings. The standard InChI is InChI=1S/C16H23NO3S/c1-7-12(2)17(15(18)20-16(3,4)5)21-14-10-8-13(19-6)9-11-14/h7-12H,1H2,2-6H3. The quantitative estimate of drug-likeness (QED) is 0.592. The van der Waals surface area contributed by atoms with Crippen molar-refractivity contribution in [3.63, 3.8) is 0 Å². The molecule has 0 saturated heterocycles. The van der Waals surface area contributed by atoms with E-state index in [9.17, 15) is 4.79 Å². The van der Waals surface area contributed by atoms with Gasteiger partial charge >= 0.3 is 6.09 Å². The fourth-order valence-corrected chi connectivity index (χ4v) is 2.29. The summed E-state index contributed by atoms with van der Waals surface area (Å²) in [6.07, 6.45) is 1.33. The number of amides is 1. The van der Waals surface area contributed by atoms with Crippen molar-refractivity contribution >= 4 is 18.0 Å². The van der Waals surface area contributed by atoms with Gasteiger partial charge in [0.25, 0.3) is 0 Å². The zero-order chi connectivity index (χ0) is 16.0. The molecule has 0 aliphatic heterocycles. The fourth-order valence-electron chi connectivity index (χ4n) is 1.44. The Morgan fingerprint density at radius 2 is 1.90 bits per heavy atom. The van der Waals surface area contributed by atoms with E-state index in [0.717, 1.165) is 10.6 Å². The van der Waals surface area contributed by atoms with Crippen LogP contribution in [-0.4, -0.2) is 29.2 Å². The van der Waals surface area contributed by atoms with Gasteiger partial charge in [-0.15, -0.1) is 6.58 Å². The van der Waals surface area contributed by atoms with Crippen LogP contribution in [-0.2, 0) is 4.74 Å². The highest BCUT2D eigenvalue weighted by Crippen LogP contribution is 2.28. The number of hydrogen-bond donors (Lipinski definition) is 0. The minimum Gasteiger partial charge on any atom is -0.497 e. The van der Waals surface area contributed by atoms with Crippen molar-refractivity contribution in [2.45, 2.75) is 44.2 Å². The van der Waals surface area contributed by atoms with Crippen LogP contribution >= 0.6 is 11.9 Å². The highest BCUT2D eigenvalue weighted by atomic mass is 32.2. The maximum atomic E-state index is 12.3. The molecule has 0 radical (unpaired) electrons. The topological polar surface area (TPSA) is 38.8 Å².